The topological polar surface area (TPSA) is 75.3 Å². The first kappa shape index (κ1) is 22.6. The van der Waals surface area contributed by atoms with E-state index in [-0.39, 0.29) is 22.2 Å². The lowest BCUT2D eigenvalue weighted by Crippen LogP contribution is -2.33. The minimum Gasteiger partial charge on any atom is -0.319 e. The van der Waals surface area contributed by atoms with E-state index in [2.05, 4.69) is 10.0 Å². The van der Waals surface area contributed by atoms with Crippen molar-refractivity contribution in [2.75, 3.05) is 5.32 Å². The number of sulfonamides is 1. The van der Waals surface area contributed by atoms with Crippen molar-refractivity contribution in [1.29, 1.82) is 0 Å². The van der Waals surface area contributed by atoms with Crippen molar-refractivity contribution < 1.29 is 22.0 Å². The lowest BCUT2D eigenvalue weighted by atomic mass is 10.1. The molecule has 3 aromatic carbocycles. The normalized spacial score (nSPS) is 12.4. The summed E-state index contributed by atoms with van der Waals surface area (Å²) in [5.41, 5.74) is 0.603. The van der Waals surface area contributed by atoms with Gasteiger partial charge in [-0.3, -0.25) is 4.79 Å². The molecule has 5 nitrogen and oxygen atoms in total. The molecule has 1 amide bonds. The molecule has 0 bridgehead atoms. The van der Waals surface area contributed by atoms with Crippen LogP contribution in [-0.4, -0.2) is 20.4 Å². The van der Waals surface area contributed by atoms with E-state index in [0.29, 0.717) is 12.8 Å². The predicted molar refractivity (Wildman–Crippen MR) is 115 cm³/mol. The molecular formula is C23H22F2N2O3S. The Morgan fingerprint density at radius 2 is 1.61 bits per heavy atom. The molecule has 0 fully saturated rings. The average Bonchev–Trinajstić information content (AvgIpc) is 2.74. The van der Waals surface area contributed by atoms with Crippen LogP contribution in [0.25, 0.3) is 0 Å². The van der Waals surface area contributed by atoms with Crippen LogP contribution in [0.3, 0.4) is 0 Å². The van der Waals surface area contributed by atoms with Gasteiger partial charge >= 0.3 is 0 Å². The highest BCUT2D eigenvalue weighted by Crippen LogP contribution is 2.21. The van der Waals surface area contributed by atoms with Crippen LogP contribution in [0.15, 0.2) is 77.7 Å². The second-order valence-electron chi connectivity index (χ2n) is 7.12. The Morgan fingerprint density at radius 3 is 2.29 bits per heavy atom. The first-order valence-electron chi connectivity index (χ1n) is 9.68. The minimum absolute atomic E-state index is 0.243. The van der Waals surface area contributed by atoms with Crippen LogP contribution in [0.4, 0.5) is 14.5 Å². The van der Waals surface area contributed by atoms with Gasteiger partial charge in [0.05, 0.1) is 16.1 Å². The summed E-state index contributed by atoms with van der Waals surface area (Å²) in [5.74, 6) is -2.52. The van der Waals surface area contributed by atoms with Gasteiger partial charge in [-0.25, -0.2) is 21.9 Å². The summed E-state index contributed by atoms with van der Waals surface area (Å²) in [7, 11) is -3.95. The van der Waals surface area contributed by atoms with E-state index >= 15 is 0 Å². The van der Waals surface area contributed by atoms with Crippen LogP contribution in [0.5, 0.6) is 0 Å². The molecule has 31 heavy (non-hydrogen) atoms. The molecule has 0 unspecified atom stereocenters. The maximum absolute atomic E-state index is 14.5. The number of benzene rings is 3. The smallest absolute Gasteiger partial charge is 0.258 e. The van der Waals surface area contributed by atoms with Gasteiger partial charge in [0.25, 0.3) is 5.91 Å². The number of amides is 1. The highest BCUT2D eigenvalue weighted by atomic mass is 32.2. The van der Waals surface area contributed by atoms with Gasteiger partial charge in [0.15, 0.2) is 0 Å². The van der Waals surface area contributed by atoms with Crippen LogP contribution < -0.4 is 10.0 Å². The van der Waals surface area contributed by atoms with Crippen molar-refractivity contribution in [2.45, 2.75) is 30.7 Å². The van der Waals surface area contributed by atoms with Crippen LogP contribution in [-0.2, 0) is 16.4 Å². The van der Waals surface area contributed by atoms with Gasteiger partial charge in [-0.1, -0.05) is 42.5 Å². The number of halogens is 2. The first-order valence-corrected chi connectivity index (χ1v) is 11.2. The standard InChI is InChI=1S/C23H22F2N2O3S/c1-16(11-12-17-7-3-2-4-8-17)27-31(29,30)18-13-14-22(21(25)15-18)26-23(28)19-9-5-6-10-20(19)24/h2-10,13-16,27H,11-12H2,1H3,(H,26,28)/t16-/m0/s1. The third kappa shape index (κ3) is 5.96. The van der Waals surface area contributed by atoms with Crippen LogP contribution >= 0.6 is 0 Å². The highest BCUT2D eigenvalue weighted by molar-refractivity contribution is 7.89. The molecule has 0 radical (unpaired) electrons. The van der Waals surface area contributed by atoms with Gasteiger partial charge < -0.3 is 5.32 Å². The second kappa shape index (κ2) is 9.80. The number of carbonyl (C=O) groups excluding carboxylic acids is 1. The second-order valence-corrected chi connectivity index (χ2v) is 8.84. The van der Waals surface area contributed by atoms with E-state index in [1.807, 2.05) is 30.3 Å². The van der Waals surface area contributed by atoms with Crippen molar-refractivity contribution in [1.82, 2.24) is 4.72 Å². The number of anilines is 1. The molecular weight excluding hydrogens is 422 g/mol. The summed E-state index contributed by atoms with van der Waals surface area (Å²) in [6, 6.07) is 17.7. The van der Waals surface area contributed by atoms with E-state index in [0.717, 1.165) is 23.8 Å². The fourth-order valence-electron chi connectivity index (χ4n) is 3.02. The van der Waals surface area contributed by atoms with Gasteiger partial charge in [0, 0.05) is 6.04 Å². The first-order chi connectivity index (χ1) is 14.8. The van der Waals surface area contributed by atoms with Gasteiger partial charge in [-0.2, -0.15) is 0 Å². The summed E-state index contributed by atoms with van der Waals surface area (Å²) in [6.45, 7) is 1.74. The van der Waals surface area contributed by atoms with Crippen molar-refractivity contribution in [2.24, 2.45) is 0 Å². The van der Waals surface area contributed by atoms with Gasteiger partial charge in [-0.05, 0) is 55.7 Å². The number of hydrogen-bond donors (Lipinski definition) is 2. The van der Waals surface area contributed by atoms with Crippen molar-refractivity contribution >= 4 is 21.6 Å². The molecule has 0 aliphatic rings. The zero-order chi connectivity index (χ0) is 22.4. The Kier molecular flexibility index (Phi) is 7.14. The fraction of sp³-hybridized carbons (Fsp3) is 0.174. The molecule has 0 aliphatic heterocycles. The highest BCUT2D eigenvalue weighted by Gasteiger charge is 2.20. The Labute approximate surface area is 180 Å². The maximum Gasteiger partial charge on any atom is 0.258 e. The molecule has 2 N–H and O–H groups in total. The SMILES string of the molecule is C[C@@H](CCc1ccccc1)NS(=O)(=O)c1ccc(NC(=O)c2ccccc2F)c(F)c1. The summed E-state index contributed by atoms with van der Waals surface area (Å²) in [6.07, 6.45) is 1.27. The predicted octanol–water partition coefficient (Wildman–Crippen LogP) is 4.52. The van der Waals surface area contributed by atoms with Crippen LogP contribution in [0, 0.1) is 11.6 Å². The van der Waals surface area contributed by atoms with Crippen molar-refractivity contribution in [3.8, 4) is 0 Å². The van der Waals surface area contributed by atoms with E-state index in [1.165, 1.54) is 24.3 Å². The molecule has 0 aromatic heterocycles. The molecule has 0 aliphatic carbocycles. The Morgan fingerprint density at radius 1 is 0.935 bits per heavy atom. The summed E-state index contributed by atoms with van der Waals surface area (Å²) in [5, 5.41) is 2.26. The van der Waals surface area contributed by atoms with Gasteiger partial charge in [-0.15, -0.1) is 0 Å². The molecule has 0 spiro atoms. The molecule has 0 saturated carbocycles. The molecule has 0 heterocycles. The minimum atomic E-state index is -3.95. The number of aryl methyl sites for hydroxylation is 1. The molecule has 3 rings (SSSR count). The van der Waals surface area contributed by atoms with Crippen molar-refractivity contribution in [3.05, 3.63) is 95.6 Å². The summed E-state index contributed by atoms with van der Waals surface area (Å²) < 4.78 is 55.9. The average molecular weight is 445 g/mol. The van der Waals surface area contributed by atoms with Crippen molar-refractivity contribution in [3.63, 3.8) is 0 Å². The zero-order valence-electron chi connectivity index (χ0n) is 16.8. The monoisotopic (exact) mass is 444 g/mol. The third-order valence-corrected chi connectivity index (χ3v) is 6.27. The lowest BCUT2D eigenvalue weighted by Gasteiger charge is -2.15. The number of carbonyl (C=O) groups is 1. The fourth-order valence-corrected chi connectivity index (χ4v) is 4.31. The van der Waals surface area contributed by atoms with E-state index < -0.39 is 27.6 Å². The molecule has 8 heteroatoms. The Balaban J connectivity index is 1.66. The van der Waals surface area contributed by atoms with E-state index in [9.17, 15) is 22.0 Å². The number of hydrogen-bond acceptors (Lipinski definition) is 3. The quantitative estimate of drug-likeness (QED) is 0.537. The summed E-state index contributed by atoms with van der Waals surface area (Å²) >= 11 is 0. The molecule has 3 aromatic rings. The van der Waals surface area contributed by atoms with E-state index in [4.69, 9.17) is 0 Å². The number of nitrogens with one attached hydrogen (secondary N) is 2. The van der Waals surface area contributed by atoms with Gasteiger partial charge in [0.2, 0.25) is 10.0 Å². The molecule has 0 saturated heterocycles. The summed E-state index contributed by atoms with van der Waals surface area (Å²) in [4.78, 5) is 11.9. The Bertz CT molecular complexity index is 1170. The van der Waals surface area contributed by atoms with E-state index in [1.54, 1.807) is 6.92 Å². The zero-order valence-corrected chi connectivity index (χ0v) is 17.6. The molecule has 1 atom stereocenters. The maximum atomic E-state index is 14.5. The lowest BCUT2D eigenvalue weighted by molar-refractivity contribution is 0.102. The Hall–Kier alpha value is -3.10. The number of rotatable bonds is 8. The van der Waals surface area contributed by atoms with Gasteiger partial charge in [0.1, 0.15) is 11.6 Å². The van der Waals surface area contributed by atoms with Crippen LogP contribution in [0.2, 0.25) is 0 Å². The van der Waals surface area contributed by atoms with Crippen LogP contribution in [0.1, 0.15) is 29.3 Å². The largest absolute Gasteiger partial charge is 0.319 e. The molecule has 162 valence electrons. The third-order valence-electron chi connectivity index (χ3n) is 4.68.